The van der Waals surface area contributed by atoms with Crippen LogP contribution in [0.15, 0.2) is 0 Å². The number of hydrogen-bond acceptors (Lipinski definition) is 17. The van der Waals surface area contributed by atoms with E-state index >= 15 is 0 Å². The van der Waals surface area contributed by atoms with E-state index in [0.29, 0.717) is 0 Å². The number of methoxy groups -OCH3 is 1. The summed E-state index contributed by atoms with van der Waals surface area (Å²) < 4.78 is 43.8. The summed E-state index contributed by atoms with van der Waals surface area (Å²) in [6.07, 6.45) is -23.5. The predicted molar refractivity (Wildman–Crippen MR) is 127 cm³/mol. The first-order valence-corrected chi connectivity index (χ1v) is 13.0. The van der Waals surface area contributed by atoms with Gasteiger partial charge in [0.2, 0.25) is 0 Å². The van der Waals surface area contributed by atoms with Crippen molar-refractivity contribution in [2.75, 3.05) is 40.1 Å². The monoisotopic (exact) mass is 604 g/mol. The Balaban J connectivity index is 1.89. The molecule has 0 aromatic rings. The molecule has 0 bridgehead atoms. The molecule has 18 heteroatoms. The summed E-state index contributed by atoms with van der Waals surface area (Å²) in [5, 5.41) is 91.9. The Morgan fingerprint density at radius 3 is 1.85 bits per heavy atom. The van der Waals surface area contributed by atoms with E-state index in [1.54, 1.807) is 0 Å². The lowest BCUT2D eigenvalue weighted by Gasteiger charge is -2.49. The van der Waals surface area contributed by atoms with Crippen molar-refractivity contribution in [3.05, 3.63) is 0 Å². The summed E-state index contributed by atoms with van der Waals surface area (Å²) in [4.78, 5) is 11.0. The largest absolute Gasteiger partial charge is 0.480 e. The maximum Gasteiger partial charge on any atom is 0.329 e. The van der Waals surface area contributed by atoms with Crippen molar-refractivity contribution >= 4 is 5.97 Å². The van der Waals surface area contributed by atoms with Gasteiger partial charge in [0.05, 0.1) is 32.5 Å². The molecule has 0 aromatic carbocycles. The Labute approximate surface area is 234 Å². The van der Waals surface area contributed by atoms with Crippen molar-refractivity contribution in [2.45, 2.75) is 99.0 Å². The molecule has 15 atom stereocenters. The number of aliphatic hydroxyl groups excluding tert-OH is 8. The number of ether oxygens (including phenoxy) is 8. The number of aliphatic carboxylic acids is 1. The van der Waals surface area contributed by atoms with Crippen molar-refractivity contribution in [2.24, 2.45) is 0 Å². The Bertz CT molecular complexity index is 805. The van der Waals surface area contributed by atoms with Gasteiger partial charge in [-0.2, -0.15) is 0 Å². The van der Waals surface area contributed by atoms with E-state index in [2.05, 4.69) is 0 Å². The first-order chi connectivity index (χ1) is 19.4. The molecule has 0 saturated carbocycles. The molecule has 3 aliphatic heterocycles. The van der Waals surface area contributed by atoms with Gasteiger partial charge in [0.25, 0.3) is 0 Å². The van der Waals surface area contributed by atoms with Gasteiger partial charge in [0.1, 0.15) is 73.8 Å². The number of carbonyl (C=O) groups is 1. The van der Waals surface area contributed by atoms with E-state index in [4.69, 9.17) is 43.0 Å². The molecule has 3 rings (SSSR count). The van der Waals surface area contributed by atoms with Gasteiger partial charge in [-0.15, -0.1) is 0 Å². The molecule has 0 spiro atoms. The fraction of sp³-hybridized carbons (Fsp3) is 0.957. The molecule has 0 unspecified atom stereocenters. The zero-order valence-electron chi connectivity index (χ0n) is 22.4. The van der Waals surface area contributed by atoms with Crippen LogP contribution in [0.25, 0.3) is 0 Å². The lowest BCUT2D eigenvalue weighted by molar-refractivity contribution is -0.386. The van der Waals surface area contributed by atoms with Crippen molar-refractivity contribution in [1.82, 2.24) is 0 Å². The standard InChI is InChI=1S/C23H40O18/c1-8-12(28)14(30)15(31)22(37-8)41-20-17(33)21(35-4-3-34-2)39-10(6-25)18(20)40-23-16(32)19(36-7-11(26)27)13(29)9(5-24)38-23/h8-10,12-25,28-33H,3-7H2,1-2H3,(H,26,27)/t8-,9+,10+,12+,13-,14+,15-,16+,17+,18+,19-,20+,21+,22-,23-/m0/s1. The van der Waals surface area contributed by atoms with Gasteiger partial charge >= 0.3 is 5.97 Å². The van der Waals surface area contributed by atoms with Crippen molar-refractivity contribution in [3.8, 4) is 0 Å². The molecule has 3 aliphatic rings. The van der Waals surface area contributed by atoms with Crippen LogP contribution in [0.5, 0.6) is 0 Å². The summed E-state index contributed by atoms with van der Waals surface area (Å²) in [5.41, 5.74) is 0. The zero-order valence-corrected chi connectivity index (χ0v) is 22.4. The van der Waals surface area contributed by atoms with Gasteiger partial charge < -0.3 is 83.9 Å². The van der Waals surface area contributed by atoms with Gasteiger partial charge in [0, 0.05) is 7.11 Å². The Kier molecular flexibility index (Phi) is 13.0. The van der Waals surface area contributed by atoms with Gasteiger partial charge in [0.15, 0.2) is 18.9 Å². The average molecular weight is 605 g/mol. The first kappa shape index (κ1) is 34.3. The highest BCUT2D eigenvalue weighted by molar-refractivity contribution is 5.68. The van der Waals surface area contributed by atoms with Crippen molar-refractivity contribution < 1.29 is 88.6 Å². The van der Waals surface area contributed by atoms with E-state index < -0.39 is 118 Å². The van der Waals surface area contributed by atoms with Crippen LogP contribution < -0.4 is 0 Å². The second-order valence-corrected chi connectivity index (χ2v) is 9.84. The Hall–Kier alpha value is -1.17. The van der Waals surface area contributed by atoms with Crippen LogP contribution in [0.3, 0.4) is 0 Å². The summed E-state index contributed by atoms with van der Waals surface area (Å²) in [6.45, 7) is -1.00. The van der Waals surface area contributed by atoms with Crippen LogP contribution >= 0.6 is 0 Å². The molecule has 3 fully saturated rings. The van der Waals surface area contributed by atoms with Gasteiger partial charge in [-0.1, -0.05) is 0 Å². The summed E-state index contributed by atoms with van der Waals surface area (Å²) >= 11 is 0. The molecule has 3 saturated heterocycles. The van der Waals surface area contributed by atoms with Crippen LogP contribution in [0, 0.1) is 0 Å². The number of aliphatic hydroxyl groups is 8. The molecule has 0 aromatic heterocycles. The molecule has 18 nitrogen and oxygen atoms in total. The number of carboxylic acids is 1. The summed E-state index contributed by atoms with van der Waals surface area (Å²) in [5.74, 6) is -1.40. The van der Waals surface area contributed by atoms with Crippen LogP contribution in [0.4, 0.5) is 0 Å². The average Bonchev–Trinajstić information content (AvgIpc) is 2.94. The minimum atomic E-state index is -1.85. The second-order valence-electron chi connectivity index (χ2n) is 9.84. The molecule has 41 heavy (non-hydrogen) atoms. The molecular formula is C23H40O18. The minimum Gasteiger partial charge on any atom is -0.480 e. The van der Waals surface area contributed by atoms with Gasteiger partial charge in [-0.3, -0.25) is 0 Å². The maximum absolute atomic E-state index is 11.1. The minimum absolute atomic E-state index is 0.0533. The van der Waals surface area contributed by atoms with Crippen molar-refractivity contribution in [1.29, 1.82) is 0 Å². The normalized spacial score (nSPS) is 45.5. The van der Waals surface area contributed by atoms with Crippen molar-refractivity contribution in [3.63, 3.8) is 0 Å². The fourth-order valence-corrected chi connectivity index (χ4v) is 4.71. The third-order valence-corrected chi connectivity index (χ3v) is 6.98. The molecule has 240 valence electrons. The zero-order chi connectivity index (χ0) is 30.4. The summed E-state index contributed by atoms with van der Waals surface area (Å²) in [6, 6.07) is 0. The first-order valence-electron chi connectivity index (χ1n) is 13.0. The third kappa shape index (κ3) is 8.06. The molecule has 9 N–H and O–H groups in total. The quantitative estimate of drug-likeness (QED) is 0.0886. The highest BCUT2D eigenvalue weighted by Gasteiger charge is 2.54. The third-order valence-electron chi connectivity index (χ3n) is 6.98. The van der Waals surface area contributed by atoms with E-state index in [1.165, 1.54) is 14.0 Å². The van der Waals surface area contributed by atoms with E-state index in [0.717, 1.165) is 0 Å². The maximum atomic E-state index is 11.1. The van der Waals surface area contributed by atoms with Gasteiger partial charge in [-0.25, -0.2) is 4.79 Å². The smallest absolute Gasteiger partial charge is 0.329 e. The molecule has 0 aliphatic carbocycles. The van der Waals surface area contributed by atoms with Crippen LogP contribution in [0.1, 0.15) is 6.92 Å². The van der Waals surface area contributed by atoms with E-state index in [9.17, 15) is 45.6 Å². The summed E-state index contributed by atoms with van der Waals surface area (Å²) in [7, 11) is 1.41. The molecule has 3 heterocycles. The number of carboxylic acid groups (broad SMARTS) is 1. The molecule has 0 radical (unpaired) electrons. The van der Waals surface area contributed by atoms with Gasteiger partial charge in [-0.05, 0) is 6.92 Å². The molecule has 0 amide bonds. The number of rotatable bonds is 13. The van der Waals surface area contributed by atoms with Crippen LogP contribution in [-0.4, -0.2) is 184 Å². The SMILES string of the molecule is COCCO[C@@H]1O[C@H](CO)[C@@H](O[C@@H]2O[C@H](CO)[C@H](O)[C@H](OCC(=O)O)[C@H]2O)[C@H](O[C@@H]2O[C@@H](C)[C@@H](O)[C@@H](O)[C@@H]2O)[C@H]1O. The molecular weight excluding hydrogens is 564 g/mol. The van der Waals surface area contributed by atoms with Crippen LogP contribution in [-0.2, 0) is 42.7 Å². The highest BCUT2D eigenvalue weighted by atomic mass is 16.8. The Morgan fingerprint density at radius 2 is 1.24 bits per heavy atom. The fourth-order valence-electron chi connectivity index (χ4n) is 4.71. The second kappa shape index (κ2) is 15.5. The lowest BCUT2D eigenvalue weighted by Crippen LogP contribution is -2.67. The highest BCUT2D eigenvalue weighted by Crippen LogP contribution is 2.34. The van der Waals surface area contributed by atoms with Crippen LogP contribution in [0.2, 0.25) is 0 Å². The lowest BCUT2D eigenvalue weighted by atomic mass is 9.96. The van der Waals surface area contributed by atoms with E-state index in [1.807, 2.05) is 0 Å². The Morgan fingerprint density at radius 1 is 0.659 bits per heavy atom. The number of hydrogen-bond donors (Lipinski definition) is 9. The topological polar surface area (TPSA) is 273 Å². The predicted octanol–water partition coefficient (Wildman–Crippen LogP) is -5.77. The van der Waals surface area contributed by atoms with E-state index in [-0.39, 0.29) is 13.2 Å².